The number of carbonyl (C=O) groups is 4. The summed E-state index contributed by atoms with van der Waals surface area (Å²) in [4.78, 5) is 54.0. The number of amides is 3. The molecule has 206 valence electrons. The monoisotopic (exact) mass is 523 g/mol. The van der Waals surface area contributed by atoms with E-state index in [1.54, 1.807) is 18.8 Å². The first-order valence-electron chi connectivity index (χ1n) is 13.3. The first kappa shape index (κ1) is 32.2. The molecule has 1 aliphatic rings. The topological polar surface area (TPSA) is 86.8 Å². The average Bonchev–Trinajstić information content (AvgIpc) is 3.05. The zero-order valence-corrected chi connectivity index (χ0v) is 24.7. The van der Waals surface area contributed by atoms with E-state index < -0.39 is 11.5 Å². The number of carbonyl (C=O) groups excluding carboxylic acids is 4. The second-order valence-corrected chi connectivity index (χ2v) is 13.1. The molecule has 1 rings (SSSR count). The van der Waals surface area contributed by atoms with Crippen molar-refractivity contribution in [1.82, 2.24) is 15.1 Å². The second-order valence-electron chi connectivity index (χ2n) is 11.8. The van der Waals surface area contributed by atoms with Gasteiger partial charge in [0.25, 0.3) is 0 Å². The van der Waals surface area contributed by atoms with Crippen LogP contribution in [0.15, 0.2) is 12.3 Å². The van der Waals surface area contributed by atoms with Crippen molar-refractivity contribution in [2.75, 3.05) is 19.3 Å². The van der Waals surface area contributed by atoms with Crippen LogP contribution in [0.3, 0.4) is 0 Å². The lowest BCUT2D eigenvalue weighted by Crippen LogP contribution is -2.49. The van der Waals surface area contributed by atoms with E-state index in [-0.39, 0.29) is 40.7 Å². The van der Waals surface area contributed by atoms with Gasteiger partial charge in [0.05, 0.1) is 5.25 Å². The van der Waals surface area contributed by atoms with Crippen LogP contribution in [0.2, 0.25) is 0 Å². The first-order valence-corrected chi connectivity index (χ1v) is 14.4. The standard InChI is InChI=1S/C28H49N3O4S/c1-10-11-16-29-26(35)21(18-23(32)27(3,4)5)30(9)24(33)15-13-12-14-17-36-22-19-25(34)31(20(22)2)28(6,7)8/h21-22H,2,10-19H2,1,3-9H3,(H,29,35). The fraction of sp³-hybridized carbons (Fsp3) is 0.786. The Morgan fingerprint density at radius 3 is 2.28 bits per heavy atom. The molecule has 0 aromatic rings. The van der Waals surface area contributed by atoms with E-state index in [4.69, 9.17) is 0 Å². The maximum absolute atomic E-state index is 12.9. The molecule has 0 spiro atoms. The third-order valence-electron chi connectivity index (χ3n) is 6.50. The predicted octanol–water partition coefficient (Wildman–Crippen LogP) is 4.94. The van der Waals surface area contributed by atoms with E-state index in [0.717, 1.165) is 43.6 Å². The summed E-state index contributed by atoms with van der Waals surface area (Å²) in [7, 11) is 1.63. The van der Waals surface area contributed by atoms with Gasteiger partial charge >= 0.3 is 0 Å². The number of likely N-dealkylation sites (tertiary alicyclic amines) is 1. The lowest BCUT2D eigenvalue weighted by Gasteiger charge is -2.33. The van der Waals surface area contributed by atoms with Crippen molar-refractivity contribution >= 4 is 35.3 Å². The lowest BCUT2D eigenvalue weighted by molar-refractivity contribution is -0.142. The number of ketones is 1. The van der Waals surface area contributed by atoms with Crippen molar-refractivity contribution in [3.63, 3.8) is 0 Å². The number of thioether (sulfide) groups is 1. The van der Waals surface area contributed by atoms with Gasteiger partial charge in [0.15, 0.2) is 0 Å². The molecule has 3 amide bonds. The van der Waals surface area contributed by atoms with Crippen LogP contribution in [0.5, 0.6) is 0 Å². The molecule has 1 saturated heterocycles. The van der Waals surface area contributed by atoms with Gasteiger partial charge in [0.2, 0.25) is 17.7 Å². The minimum Gasteiger partial charge on any atom is -0.354 e. The fourth-order valence-electron chi connectivity index (χ4n) is 4.16. The largest absolute Gasteiger partial charge is 0.354 e. The van der Waals surface area contributed by atoms with Crippen molar-refractivity contribution in [2.45, 2.75) is 117 Å². The summed E-state index contributed by atoms with van der Waals surface area (Å²) in [6.45, 7) is 18.3. The zero-order chi connectivity index (χ0) is 27.7. The minimum atomic E-state index is -0.784. The van der Waals surface area contributed by atoms with Gasteiger partial charge in [0, 0.05) is 49.5 Å². The molecule has 0 radical (unpaired) electrons. The van der Waals surface area contributed by atoms with Gasteiger partial charge in [-0.25, -0.2) is 0 Å². The highest BCUT2D eigenvalue weighted by Gasteiger charge is 2.39. The van der Waals surface area contributed by atoms with Crippen molar-refractivity contribution in [2.24, 2.45) is 5.41 Å². The molecular formula is C28H49N3O4S. The highest BCUT2D eigenvalue weighted by Crippen LogP contribution is 2.36. The Morgan fingerprint density at radius 1 is 1.11 bits per heavy atom. The van der Waals surface area contributed by atoms with Gasteiger partial charge in [0.1, 0.15) is 11.8 Å². The molecule has 0 aromatic carbocycles. The molecule has 2 unspecified atom stereocenters. The van der Waals surface area contributed by atoms with Gasteiger partial charge in [-0.3, -0.25) is 19.2 Å². The number of likely N-dealkylation sites (N-methyl/N-ethyl adjacent to an activating group) is 1. The van der Waals surface area contributed by atoms with Gasteiger partial charge in [-0.05, 0) is 45.8 Å². The fourth-order valence-corrected chi connectivity index (χ4v) is 5.37. The van der Waals surface area contributed by atoms with Crippen LogP contribution in [-0.4, -0.2) is 69.5 Å². The van der Waals surface area contributed by atoms with Crippen molar-refractivity contribution in [3.05, 3.63) is 12.3 Å². The average molecular weight is 524 g/mol. The van der Waals surface area contributed by atoms with Gasteiger partial charge < -0.3 is 15.1 Å². The number of unbranched alkanes of at least 4 members (excludes halogenated alkanes) is 3. The third-order valence-corrected chi connectivity index (χ3v) is 7.87. The number of hydrogen-bond acceptors (Lipinski definition) is 5. The number of nitrogens with zero attached hydrogens (tertiary/aromatic N) is 2. The summed E-state index contributed by atoms with van der Waals surface area (Å²) in [5.74, 6) is 0.629. The molecule has 1 fully saturated rings. The highest BCUT2D eigenvalue weighted by molar-refractivity contribution is 8.00. The van der Waals surface area contributed by atoms with Crippen molar-refractivity contribution in [1.29, 1.82) is 0 Å². The maximum Gasteiger partial charge on any atom is 0.243 e. The van der Waals surface area contributed by atoms with Crippen LogP contribution in [0.1, 0.15) is 99.8 Å². The van der Waals surface area contributed by atoms with E-state index >= 15 is 0 Å². The smallest absolute Gasteiger partial charge is 0.243 e. The summed E-state index contributed by atoms with van der Waals surface area (Å²) in [5.41, 5.74) is 0.0724. The highest BCUT2D eigenvalue weighted by atomic mass is 32.2. The Kier molecular flexibility index (Phi) is 12.7. The second kappa shape index (κ2) is 14.2. The summed E-state index contributed by atoms with van der Waals surface area (Å²) in [6, 6.07) is -0.784. The van der Waals surface area contributed by atoms with Crippen LogP contribution >= 0.6 is 11.8 Å². The Labute approximate surface area is 223 Å². The van der Waals surface area contributed by atoms with Gasteiger partial charge in [-0.2, -0.15) is 11.8 Å². The first-order chi connectivity index (χ1) is 16.6. The Morgan fingerprint density at radius 2 is 1.75 bits per heavy atom. The number of hydrogen-bond donors (Lipinski definition) is 1. The van der Waals surface area contributed by atoms with E-state index in [2.05, 4.69) is 11.9 Å². The molecule has 8 heteroatoms. The molecule has 2 atom stereocenters. The summed E-state index contributed by atoms with van der Waals surface area (Å²) >= 11 is 1.76. The summed E-state index contributed by atoms with van der Waals surface area (Å²) in [6.07, 6.45) is 5.23. The molecule has 0 aliphatic carbocycles. The van der Waals surface area contributed by atoms with E-state index in [1.807, 2.05) is 53.4 Å². The molecule has 0 aromatic heterocycles. The molecule has 7 nitrogen and oxygen atoms in total. The van der Waals surface area contributed by atoms with E-state index in [0.29, 0.717) is 19.4 Å². The number of rotatable bonds is 14. The number of nitrogens with one attached hydrogen (secondary N) is 1. The Hall–Kier alpha value is -1.83. The number of Topliss-reactive ketones (excluding diaryl/α,β-unsaturated/α-hetero) is 1. The molecule has 1 heterocycles. The van der Waals surface area contributed by atoms with Crippen LogP contribution in [0.4, 0.5) is 0 Å². The Bertz CT molecular complexity index is 798. The van der Waals surface area contributed by atoms with E-state index in [1.165, 1.54) is 4.90 Å². The Balaban J connectivity index is 2.52. The quantitative estimate of drug-likeness (QED) is 0.326. The van der Waals surface area contributed by atoms with Gasteiger partial charge in [-0.1, -0.05) is 47.1 Å². The summed E-state index contributed by atoms with van der Waals surface area (Å²) in [5, 5.41) is 3.01. The van der Waals surface area contributed by atoms with E-state index in [9.17, 15) is 19.2 Å². The predicted molar refractivity (Wildman–Crippen MR) is 149 cm³/mol. The third kappa shape index (κ3) is 9.91. The lowest BCUT2D eigenvalue weighted by atomic mass is 9.86. The zero-order valence-electron chi connectivity index (χ0n) is 23.9. The van der Waals surface area contributed by atoms with Crippen LogP contribution in [0.25, 0.3) is 0 Å². The normalized spacial score (nSPS) is 17.3. The maximum atomic E-state index is 12.9. The van der Waals surface area contributed by atoms with Crippen molar-refractivity contribution < 1.29 is 19.2 Å². The van der Waals surface area contributed by atoms with Crippen LogP contribution < -0.4 is 5.32 Å². The SMILES string of the molecule is C=C1C(SCCCCCC(=O)N(C)C(CC(=O)C(C)(C)C)C(=O)NCCCC)CC(=O)N1C(C)(C)C. The van der Waals surface area contributed by atoms with Crippen LogP contribution in [-0.2, 0) is 19.2 Å². The molecular weight excluding hydrogens is 474 g/mol. The molecule has 0 bridgehead atoms. The van der Waals surface area contributed by atoms with Gasteiger partial charge in [-0.15, -0.1) is 0 Å². The summed E-state index contributed by atoms with van der Waals surface area (Å²) < 4.78 is 0. The van der Waals surface area contributed by atoms with Crippen LogP contribution in [0, 0.1) is 5.41 Å². The minimum absolute atomic E-state index is 0.0237. The molecule has 1 N–H and O–H groups in total. The molecule has 0 saturated carbocycles. The van der Waals surface area contributed by atoms with Crippen molar-refractivity contribution in [3.8, 4) is 0 Å². The molecule has 36 heavy (non-hydrogen) atoms. The molecule has 1 aliphatic heterocycles.